The quantitative estimate of drug-likeness (QED) is 0.773. The minimum Gasteiger partial charge on any atom is -0.341 e. The van der Waals surface area contributed by atoms with Crippen LogP contribution in [0.5, 0.6) is 0 Å². The Morgan fingerprint density at radius 1 is 1.04 bits per heavy atom. The van der Waals surface area contributed by atoms with Crippen molar-refractivity contribution in [3.63, 3.8) is 0 Å². The van der Waals surface area contributed by atoms with Gasteiger partial charge in [-0.3, -0.25) is 4.79 Å². The molecule has 6 nitrogen and oxygen atoms in total. The van der Waals surface area contributed by atoms with Gasteiger partial charge in [0.25, 0.3) is 0 Å². The maximum Gasteiger partial charge on any atom is 0.241 e. The number of hydrogen-bond donors (Lipinski definition) is 2. The second-order valence-corrected chi connectivity index (χ2v) is 9.27. The van der Waals surface area contributed by atoms with Crippen LogP contribution >= 0.6 is 0 Å². The van der Waals surface area contributed by atoms with Crippen molar-refractivity contribution in [1.29, 1.82) is 0 Å². The molecule has 2 N–H and O–H groups in total. The molecule has 0 bridgehead atoms. The van der Waals surface area contributed by atoms with Crippen LogP contribution in [-0.2, 0) is 14.8 Å². The molecule has 0 aliphatic carbocycles. The van der Waals surface area contributed by atoms with Gasteiger partial charge in [-0.2, -0.15) is 0 Å². The van der Waals surface area contributed by atoms with Crippen LogP contribution in [0.1, 0.15) is 47.1 Å². The molecule has 7 heteroatoms. The molecule has 27 heavy (non-hydrogen) atoms. The molecule has 1 aliphatic heterocycles. The van der Waals surface area contributed by atoms with E-state index >= 15 is 0 Å². The Bertz CT molecular complexity index is 789. The van der Waals surface area contributed by atoms with Crippen LogP contribution in [0.3, 0.4) is 0 Å². The van der Waals surface area contributed by atoms with Gasteiger partial charge in [-0.05, 0) is 82.3 Å². The normalized spacial score (nSPS) is 18.0. The average molecular weight is 396 g/mol. The molecule has 1 aliphatic rings. The zero-order valence-corrected chi connectivity index (χ0v) is 18.2. The van der Waals surface area contributed by atoms with E-state index in [4.69, 9.17) is 0 Å². The van der Waals surface area contributed by atoms with Gasteiger partial charge in [-0.1, -0.05) is 0 Å². The van der Waals surface area contributed by atoms with Crippen LogP contribution in [0, 0.1) is 34.6 Å². The first-order valence-corrected chi connectivity index (χ1v) is 11.1. The molecule has 1 saturated heterocycles. The highest BCUT2D eigenvalue weighted by molar-refractivity contribution is 7.89. The summed E-state index contributed by atoms with van der Waals surface area (Å²) in [6.07, 6.45) is 2.22. The van der Waals surface area contributed by atoms with Crippen molar-refractivity contribution in [2.24, 2.45) is 0 Å². The number of rotatable bonds is 6. The molecule has 1 unspecified atom stereocenters. The third kappa shape index (κ3) is 4.70. The van der Waals surface area contributed by atoms with E-state index in [0.717, 1.165) is 47.2 Å². The van der Waals surface area contributed by atoms with Crippen LogP contribution < -0.4 is 10.0 Å². The third-order valence-corrected chi connectivity index (χ3v) is 7.75. The van der Waals surface area contributed by atoms with Crippen LogP contribution in [0.15, 0.2) is 4.90 Å². The highest BCUT2D eigenvalue weighted by Crippen LogP contribution is 2.29. The first-order chi connectivity index (χ1) is 12.6. The zero-order chi connectivity index (χ0) is 20.4. The van der Waals surface area contributed by atoms with Gasteiger partial charge in [0.15, 0.2) is 0 Å². The van der Waals surface area contributed by atoms with Gasteiger partial charge in [0.1, 0.15) is 0 Å². The van der Waals surface area contributed by atoms with Gasteiger partial charge in [-0.25, -0.2) is 13.1 Å². The summed E-state index contributed by atoms with van der Waals surface area (Å²) < 4.78 is 28.4. The summed E-state index contributed by atoms with van der Waals surface area (Å²) in [7, 11) is -1.75. The van der Waals surface area contributed by atoms with Gasteiger partial charge in [0.2, 0.25) is 15.9 Å². The van der Waals surface area contributed by atoms with E-state index in [9.17, 15) is 13.2 Å². The van der Waals surface area contributed by atoms with Gasteiger partial charge in [0, 0.05) is 32.1 Å². The fourth-order valence-corrected chi connectivity index (χ4v) is 5.46. The maximum absolute atomic E-state index is 12.9. The lowest BCUT2D eigenvalue weighted by Gasteiger charge is -2.32. The number of benzene rings is 1. The molecule has 1 amide bonds. The molecule has 152 valence electrons. The standard InChI is InChI=1S/C20H33N3O3S/c1-13-14(2)16(4)20(17(5)15(13)3)27(25,26)22-10-9-19(24)23-11-7-8-18(12-23)21-6/h18,21-22H,7-12H2,1-6H3. The first-order valence-electron chi connectivity index (χ1n) is 9.61. The van der Waals surface area contributed by atoms with Crippen LogP contribution in [0.2, 0.25) is 0 Å². The summed E-state index contributed by atoms with van der Waals surface area (Å²) in [4.78, 5) is 14.6. The van der Waals surface area contributed by atoms with Gasteiger partial charge >= 0.3 is 0 Å². The predicted octanol–water partition coefficient (Wildman–Crippen LogP) is 2.11. The lowest BCUT2D eigenvalue weighted by Crippen LogP contribution is -2.47. The van der Waals surface area contributed by atoms with E-state index in [1.807, 2.05) is 46.6 Å². The van der Waals surface area contributed by atoms with E-state index in [1.54, 1.807) is 0 Å². The minimum atomic E-state index is -3.66. The highest BCUT2D eigenvalue weighted by atomic mass is 32.2. The van der Waals surface area contributed by atoms with Crippen molar-refractivity contribution in [2.75, 3.05) is 26.7 Å². The number of nitrogens with one attached hydrogen (secondary N) is 2. The lowest BCUT2D eigenvalue weighted by molar-refractivity contribution is -0.132. The van der Waals surface area contributed by atoms with Crippen molar-refractivity contribution in [1.82, 2.24) is 14.9 Å². The summed E-state index contributed by atoms with van der Waals surface area (Å²) in [5, 5.41) is 3.21. The van der Waals surface area contributed by atoms with E-state index < -0.39 is 10.0 Å². The van der Waals surface area contributed by atoms with E-state index in [1.165, 1.54) is 0 Å². The number of carbonyl (C=O) groups excluding carboxylic acids is 1. The zero-order valence-electron chi connectivity index (χ0n) is 17.4. The van der Waals surface area contributed by atoms with Crippen molar-refractivity contribution in [2.45, 2.75) is 64.8 Å². The molecular weight excluding hydrogens is 362 g/mol. The maximum atomic E-state index is 12.9. The van der Waals surface area contributed by atoms with E-state index in [2.05, 4.69) is 10.0 Å². The Morgan fingerprint density at radius 2 is 1.59 bits per heavy atom. The van der Waals surface area contributed by atoms with Gasteiger partial charge in [0.05, 0.1) is 4.90 Å². The number of amides is 1. The monoisotopic (exact) mass is 395 g/mol. The Morgan fingerprint density at radius 3 is 2.15 bits per heavy atom. The molecule has 0 saturated carbocycles. The molecular formula is C20H33N3O3S. The summed E-state index contributed by atoms with van der Waals surface area (Å²) in [6, 6.07) is 0.322. The Labute approximate surface area is 163 Å². The first kappa shape index (κ1) is 21.9. The molecule has 1 aromatic rings. The predicted molar refractivity (Wildman–Crippen MR) is 109 cm³/mol. The molecule has 2 rings (SSSR count). The van der Waals surface area contributed by atoms with Gasteiger partial charge in [-0.15, -0.1) is 0 Å². The Kier molecular flexibility index (Phi) is 7.05. The summed E-state index contributed by atoms with van der Waals surface area (Å²) in [5.74, 6) is 0.00219. The second kappa shape index (κ2) is 8.71. The number of nitrogens with zero attached hydrogens (tertiary/aromatic N) is 1. The fourth-order valence-electron chi connectivity index (χ4n) is 3.83. The summed E-state index contributed by atoms with van der Waals surface area (Å²) in [5.41, 5.74) is 4.69. The van der Waals surface area contributed by atoms with E-state index in [-0.39, 0.29) is 18.9 Å². The fraction of sp³-hybridized carbons (Fsp3) is 0.650. The van der Waals surface area contributed by atoms with Gasteiger partial charge < -0.3 is 10.2 Å². The van der Waals surface area contributed by atoms with Crippen LogP contribution in [0.4, 0.5) is 0 Å². The second-order valence-electron chi connectivity index (χ2n) is 7.57. The van der Waals surface area contributed by atoms with Crippen molar-refractivity contribution in [3.8, 4) is 0 Å². The van der Waals surface area contributed by atoms with Crippen molar-refractivity contribution < 1.29 is 13.2 Å². The molecule has 1 fully saturated rings. The molecule has 0 aromatic heterocycles. The SMILES string of the molecule is CNC1CCCN(C(=O)CCNS(=O)(=O)c2c(C)c(C)c(C)c(C)c2C)C1. The van der Waals surface area contributed by atoms with Crippen molar-refractivity contribution in [3.05, 3.63) is 27.8 Å². The molecule has 1 aromatic carbocycles. The van der Waals surface area contributed by atoms with Crippen LogP contribution in [-0.4, -0.2) is 51.9 Å². The Balaban J connectivity index is 2.07. The number of hydrogen-bond acceptors (Lipinski definition) is 4. The number of sulfonamides is 1. The summed E-state index contributed by atoms with van der Waals surface area (Å²) in [6.45, 7) is 11.2. The number of piperidine rings is 1. The number of likely N-dealkylation sites (tertiary alicyclic amines) is 1. The number of likely N-dealkylation sites (N-methyl/N-ethyl adjacent to an activating group) is 1. The molecule has 0 radical (unpaired) electrons. The topological polar surface area (TPSA) is 78.5 Å². The van der Waals surface area contributed by atoms with Crippen LogP contribution in [0.25, 0.3) is 0 Å². The minimum absolute atomic E-state index is 0.00219. The molecule has 0 spiro atoms. The lowest BCUT2D eigenvalue weighted by atomic mass is 9.95. The van der Waals surface area contributed by atoms with E-state index in [0.29, 0.717) is 17.5 Å². The van der Waals surface area contributed by atoms with Crippen molar-refractivity contribution >= 4 is 15.9 Å². The molecule has 1 atom stereocenters. The Hall–Kier alpha value is -1.44. The highest BCUT2D eigenvalue weighted by Gasteiger charge is 2.25. The largest absolute Gasteiger partial charge is 0.341 e. The molecule has 1 heterocycles. The summed E-state index contributed by atoms with van der Waals surface area (Å²) >= 11 is 0. The smallest absolute Gasteiger partial charge is 0.241 e. The number of carbonyl (C=O) groups is 1. The average Bonchev–Trinajstić information content (AvgIpc) is 2.64. The third-order valence-electron chi connectivity index (χ3n) is 6.01.